The topological polar surface area (TPSA) is 113 Å². The molecule has 1 heterocycles. The number of nitrogens with zero attached hydrogens (tertiary/aromatic N) is 2. The molecule has 2 aromatic carbocycles. The summed E-state index contributed by atoms with van der Waals surface area (Å²) in [5.41, 5.74) is 0.530. The van der Waals surface area contributed by atoms with E-state index in [1.54, 1.807) is 18.2 Å². The van der Waals surface area contributed by atoms with Gasteiger partial charge in [-0.1, -0.05) is 17.4 Å². The average Bonchev–Trinajstić information content (AvgIpc) is 3.08. The summed E-state index contributed by atoms with van der Waals surface area (Å²) >= 11 is 1.10. The first-order valence-corrected chi connectivity index (χ1v) is 8.45. The summed E-state index contributed by atoms with van der Waals surface area (Å²) in [6, 6.07) is 7.66. The molecule has 0 aliphatic heterocycles. The predicted octanol–water partition coefficient (Wildman–Crippen LogP) is 3.48. The summed E-state index contributed by atoms with van der Waals surface area (Å²) in [7, 11) is 4.30. The molecule has 27 heavy (non-hydrogen) atoms. The van der Waals surface area contributed by atoms with Crippen LogP contribution in [-0.4, -0.2) is 37.1 Å². The fourth-order valence-corrected chi connectivity index (χ4v) is 3.45. The molecule has 0 radical (unpaired) electrons. The van der Waals surface area contributed by atoms with E-state index in [-0.39, 0.29) is 22.1 Å². The van der Waals surface area contributed by atoms with E-state index in [1.807, 2.05) is 0 Å². The Balaban J connectivity index is 2.00. The van der Waals surface area contributed by atoms with Gasteiger partial charge < -0.3 is 14.2 Å². The molecule has 0 saturated heterocycles. The Labute approximate surface area is 157 Å². The second kappa shape index (κ2) is 7.46. The number of anilines is 1. The number of benzene rings is 2. The van der Waals surface area contributed by atoms with Crippen LogP contribution in [0.2, 0.25) is 0 Å². The summed E-state index contributed by atoms with van der Waals surface area (Å²) in [6.45, 7) is 0. The van der Waals surface area contributed by atoms with Gasteiger partial charge in [0, 0.05) is 6.07 Å². The molecule has 0 bridgehead atoms. The number of carbonyl (C=O) groups excluding carboxylic acids is 1. The van der Waals surface area contributed by atoms with Crippen molar-refractivity contribution in [2.75, 3.05) is 26.6 Å². The summed E-state index contributed by atoms with van der Waals surface area (Å²) in [5, 5.41) is 14.0. The van der Waals surface area contributed by atoms with E-state index in [0.717, 1.165) is 11.3 Å². The minimum Gasteiger partial charge on any atom is -0.496 e. The van der Waals surface area contributed by atoms with Gasteiger partial charge in [0.2, 0.25) is 0 Å². The number of nitro benzene ring substituents is 1. The number of nitrogens with one attached hydrogen (secondary N) is 1. The highest BCUT2D eigenvalue weighted by molar-refractivity contribution is 7.22. The molecule has 1 aromatic heterocycles. The van der Waals surface area contributed by atoms with Crippen LogP contribution in [0.15, 0.2) is 30.3 Å². The number of rotatable bonds is 6. The fourth-order valence-electron chi connectivity index (χ4n) is 2.53. The van der Waals surface area contributed by atoms with Crippen molar-refractivity contribution >= 4 is 38.3 Å². The highest BCUT2D eigenvalue weighted by atomic mass is 32.1. The highest BCUT2D eigenvalue weighted by Gasteiger charge is 2.21. The molecule has 0 atom stereocenters. The van der Waals surface area contributed by atoms with Gasteiger partial charge in [0.15, 0.2) is 10.9 Å². The van der Waals surface area contributed by atoms with Crippen LogP contribution in [0.25, 0.3) is 10.2 Å². The maximum atomic E-state index is 12.7. The van der Waals surface area contributed by atoms with Crippen molar-refractivity contribution < 1.29 is 23.9 Å². The molecule has 0 unspecified atom stereocenters. The van der Waals surface area contributed by atoms with Gasteiger partial charge in [0.05, 0.1) is 37.0 Å². The number of ether oxygens (including phenoxy) is 3. The predicted molar refractivity (Wildman–Crippen MR) is 100 cm³/mol. The zero-order valence-corrected chi connectivity index (χ0v) is 15.5. The number of hydrogen-bond acceptors (Lipinski definition) is 8. The molecule has 0 saturated carbocycles. The number of aromatic nitrogens is 1. The molecule has 3 aromatic rings. The summed E-state index contributed by atoms with van der Waals surface area (Å²) in [6.07, 6.45) is 0. The smallest absolute Gasteiger partial charge is 0.274 e. The molecule has 0 fully saturated rings. The van der Waals surface area contributed by atoms with Crippen LogP contribution < -0.4 is 19.5 Å². The number of amides is 1. The fraction of sp³-hybridized carbons (Fsp3) is 0.176. The number of non-ortho nitro benzene ring substituents is 1. The minimum atomic E-state index is -0.514. The molecule has 0 aliphatic carbocycles. The molecule has 140 valence electrons. The van der Waals surface area contributed by atoms with Gasteiger partial charge in [-0.3, -0.25) is 20.2 Å². The Hall–Kier alpha value is -3.40. The van der Waals surface area contributed by atoms with Gasteiger partial charge in [-0.25, -0.2) is 4.98 Å². The standard InChI is InChI=1S/C17H15N3O6S/c1-24-10-5-4-6-11(25-2)14(10)16(21)19-17-18-15-12(26-3)7-9(20(22)23)8-13(15)27-17/h4-8H,1-3H3,(H,18,19,21). The van der Waals surface area contributed by atoms with E-state index >= 15 is 0 Å². The van der Waals surface area contributed by atoms with Gasteiger partial charge in [-0.05, 0) is 12.1 Å². The number of nitro groups is 1. The molecule has 0 spiro atoms. The van der Waals surface area contributed by atoms with Crippen molar-refractivity contribution in [1.29, 1.82) is 0 Å². The quantitative estimate of drug-likeness (QED) is 0.507. The van der Waals surface area contributed by atoms with Crippen molar-refractivity contribution in [3.63, 3.8) is 0 Å². The third kappa shape index (κ3) is 3.47. The van der Waals surface area contributed by atoms with Crippen LogP contribution in [0.5, 0.6) is 17.2 Å². The number of hydrogen-bond donors (Lipinski definition) is 1. The van der Waals surface area contributed by atoms with Crippen LogP contribution in [-0.2, 0) is 0 Å². The van der Waals surface area contributed by atoms with Crippen LogP contribution >= 0.6 is 11.3 Å². The third-order valence-electron chi connectivity index (χ3n) is 3.75. The van der Waals surface area contributed by atoms with Gasteiger partial charge >= 0.3 is 0 Å². The largest absolute Gasteiger partial charge is 0.496 e. The lowest BCUT2D eigenvalue weighted by Gasteiger charge is -2.11. The molecule has 9 nitrogen and oxygen atoms in total. The van der Waals surface area contributed by atoms with Crippen molar-refractivity contribution in [3.05, 3.63) is 46.0 Å². The molecule has 10 heteroatoms. The zero-order valence-electron chi connectivity index (χ0n) is 14.6. The highest BCUT2D eigenvalue weighted by Crippen LogP contribution is 2.37. The van der Waals surface area contributed by atoms with Crippen LogP contribution in [0.3, 0.4) is 0 Å². The van der Waals surface area contributed by atoms with E-state index in [0.29, 0.717) is 21.7 Å². The molecule has 0 aliphatic rings. The van der Waals surface area contributed by atoms with Gasteiger partial charge in [0.1, 0.15) is 22.6 Å². The van der Waals surface area contributed by atoms with Crippen LogP contribution in [0.4, 0.5) is 10.8 Å². The normalized spacial score (nSPS) is 10.5. The Kier molecular flexibility index (Phi) is 5.08. The van der Waals surface area contributed by atoms with Crippen molar-refractivity contribution in [2.24, 2.45) is 0 Å². The molecule has 1 N–H and O–H groups in total. The lowest BCUT2D eigenvalue weighted by Crippen LogP contribution is -2.14. The van der Waals surface area contributed by atoms with E-state index in [9.17, 15) is 14.9 Å². The van der Waals surface area contributed by atoms with Crippen LogP contribution in [0, 0.1) is 10.1 Å². The maximum absolute atomic E-state index is 12.7. The third-order valence-corrected chi connectivity index (χ3v) is 4.67. The second-order valence-corrected chi connectivity index (χ2v) is 6.29. The Bertz CT molecular complexity index is 1010. The Morgan fingerprint density at radius 1 is 1.11 bits per heavy atom. The molecule has 1 amide bonds. The Morgan fingerprint density at radius 2 is 1.74 bits per heavy atom. The number of methoxy groups -OCH3 is 3. The first-order valence-electron chi connectivity index (χ1n) is 7.63. The minimum absolute atomic E-state index is 0.118. The number of fused-ring (bicyclic) bond motifs is 1. The van der Waals surface area contributed by atoms with E-state index in [4.69, 9.17) is 14.2 Å². The lowest BCUT2D eigenvalue weighted by molar-refractivity contribution is -0.384. The monoisotopic (exact) mass is 389 g/mol. The molecule has 3 rings (SSSR count). The van der Waals surface area contributed by atoms with Crippen molar-refractivity contribution in [2.45, 2.75) is 0 Å². The summed E-state index contributed by atoms with van der Waals surface area (Å²) in [4.78, 5) is 27.6. The number of thiazole rings is 1. The molecular formula is C17H15N3O6S. The van der Waals surface area contributed by atoms with E-state index < -0.39 is 10.8 Å². The lowest BCUT2D eigenvalue weighted by atomic mass is 10.1. The van der Waals surface area contributed by atoms with E-state index in [2.05, 4.69) is 10.3 Å². The second-order valence-electron chi connectivity index (χ2n) is 5.26. The van der Waals surface area contributed by atoms with Crippen LogP contribution in [0.1, 0.15) is 10.4 Å². The zero-order chi connectivity index (χ0) is 19.6. The first-order chi connectivity index (χ1) is 13.0. The molecular weight excluding hydrogens is 374 g/mol. The van der Waals surface area contributed by atoms with Crippen molar-refractivity contribution in [1.82, 2.24) is 4.98 Å². The van der Waals surface area contributed by atoms with Crippen molar-refractivity contribution in [3.8, 4) is 17.2 Å². The Morgan fingerprint density at radius 3 is 2.30 bits per heavy atom. The van der Waals surface area contributed by atoms with Gasteiger partial charge in [0.25, 0.3) is 11.6 Å². The summed E-state index contributed by atoms with van der Waals surface area (Å²) < 4.78 is 16.2. The first kappa shape index (κ1) is 18.4. The maximum Gasteiger partial charge on any atom is 0.274 e. The SMILES string of the molecule is COc1cccc(OC)c1C(=O)Nc1nc2c(OC)cc([N+](=O)[O-])cc2s1. The number of carbonyl (C=O) groups is 1. The summed E-state index contributed by atoms with van der Waals surface area (Å²) in [5.74, 6) is 0.477. The van der Waals surface area contributed by atoms with Gasteiger partial charge in [-0.2, -0.15) is 0 Å². The van der Waals surface area contributed by atoms with E-state index in [1.165, 1.54) is 33.5 Å². The van der Waals surface area contributed by atoms with Gasteiger partial charge in [-0.15, -0.1) is 0 Å². The average molecular weight is 389 g/mol.